The number of nitrogens with two attached hydrogens (primary N) is 1. The fraction of sp³-hybridized carbons (Fsp3) is 1.00. The van der Waals surface area contributed by atoms with Crippen LogP contribution in [0.15, 0.2) is 0 Å². The maximum atomic E-state index is 5.40. The van der Waals surface area contributed by atoms with Crippen LogP contribution in [0, 0.1) is 0 Å². The topological polar surface area (TPSA) is 41.7 Å². The molecule has 0 aromatic heterocycles. The highest BCUT2D eigenvalue weighted by Gasteiger charge is 2.25. The summed E-state index contributed by atoms with van der Waals surface area (Å²) in [6.45, 7) is 14.7. The Balaban J connectivity index is 2.12. The Morgan fingerprint density at radius 1 is 1.06 bits per heavy atom. The van der Waals surface area contributed by atoms with Gasteiger partial charge in [0.25, 0.3) is 0 Å². The Hall–Kier alpha value is -0.160. The van der Waals surface area contributed by atoms with E-state index < -0.39 is 0 Å². The molecule has 4 nitrogen and oxygen atoms in total. The maximum absolute atomic E-state index is 5.40. The standard InChI is InChI=1S/C12H27N3O/c1-12(2,3)15-7-5-14(6-8-15)9-11-16-10-4-13/h4-11,13H2,1-3H3. The summed E-state index contributed by atoms with van der Waals surface area (Å²) in [5, 5.41) is 0. The molecule has 0 amide bonds. The molecule has 0 radical (unpaired) electrons. The molecular weight excluding hydrogens is 202 g/mol. The van der Waals surface area contributed by atoms with Gasteiger partial charge in [-0.1, -0.05) is 0 Å². The monoisotopic (exact) mass is 229 g/mol. The molecule has 0 aromatic rings. The smallest absolute Gasteiger partial charge is 0.0594 e. The van der Waals surface area contributed by atoms with E-state index in [-0.39, 0.29) is 0 Å². The van der Waals surface area contributed by atoms with Crippen LogP contribution < -0.4 is 5.73 Å². The molecule has 1 fully saturated rings. The summed E-state index contributed by atoms with van der Waals surface area (Å²) in [6.07, 6.45) is 0. The summed E-state index contributed by atoms with van der Waals surface area (Å²) in [7, 11) is 0. The van der Waals surface area contributed by atoms with Gasteiger partial charge < -0.3 is 10.5 Å². The van der Waals surface area contributed by atoms with E-state index in [1.54, 1.807) is 0 Å². The van der Waals surface area contributed by atoms with Gasteiger partial charge in [0.2, 0.25) is 0 Å². The van der Waals surface area contributed by atoms with E-state index in [9.17, 15) is 0 Å². The van der Waals surface area contributed by atoms with Gasteiger partial charge in [-0.2, -0.15) is 0 Å². The lowest BCUT2D eigenvalue weighted by Gasteiger charge is -2.42. The van der Waals surface area contributed by atoms with Gasteiger partial charge in [0.1, 0.15) is 0 Å². The van der Waals surface area contributed by atoms with Gasteiger partial charge in [-0.25, -0.2) is 0 Å². The fourth-order valence-electron chi connectivity index (χ4n) is 2.02. The molecule has 0 atom stereocenters. The molecular formula is C12H27N3O. The van der Waals surface area contributed by atoms with Crippen molar-refractivity contribution < 1.29 is 4.74 Å². The zero-order chi connectivity index (χ0) is 12.0. The van der Waals surface area contributed by atoms with Gasteiger partial charge in [-0.05, 0) is 20.8 Å². The molecule has 1 rings (SSSR count). The van der Waals surface area contributed by atoms with Crippen molar-refractivity contribution in [2.75, 3.05) is 52.5 Å². The molecule has 0 aliphatic carbocycles. The van der Waals surface area contributed by atoms with E-state index in [1.165, 1.54) is 13.1 Å². The van der Waals surface area contributed by atoms with Gasteiger partial charge in [0, 0.05) is 44.8 Å². The van der Waals surface area contributed by atoms with Crippen molar-refractivity contribution in [3.8, 4) is 0 Å². The molecule has 0 aromatic carbocycles. The molecule has 0 unspecified atom stereocenters. The third-order valence-corrected chi connectivity index (χ3v) is 3.14. The molecule has 16 heavy (non-hydrogen) atoms. The Labute approximate surface area is 99.7 Å². The zero-order valence-corrected chi connectivity index (χ0v) is 11.0. The zero-order valence-electron chi connectivity index (χ0n) is 11.0. The number of nitrogens with zero attached hydrogens (tertiary/aromatic N) is 2. The van der Waals surface area contributed by atoms with Crippen LogP contribution in [-0.4, -0.2) is 67.8 Å². The van der Waals surface area contributed by atoms with Gasteiger partial charge in [-0.3, -0.25) is 9.80 Å². The second-order valence-electron chi connectivity index (χ2n) is 5.40. The molecule has 1 heterocycles. The Morgan fingerprint density at radius 3 is 2.19 bits per heavy atom. The van der Waals surface area contributed by atoms with Crippen LogP contribution in [0.25, 0.3) is 0 Å². The third kappa shape index (κ3) is 4.78. The average molecular weight is 229 g/mol. The normalized spacial score (nSPS) is 20.2. The summed E-state index contributed by atoms with van der Waals surface area (Å²) in [4.78, 5) is 5.02. The second-order valence-corrected chi connectivity index (χ2v) is 5.40. The minimum Gasteiger partial charge on any atom is -0.379 e. The highest BCUT2D eigenvalue weighted by atomic mass is 16.5. The van der Waals surface area contributed by atoms with Crippen LogP contribution in [0.3, 0.4) is 0 Å². The largest absolute Gasteiger partial charge is 0.379 e. The number of ether oxygens (including phenoxy) is 1. The Bertz CT molecular complexity index is 183. The summed E-state index contributed by atoms with van der Waals surface area (Å²) in [5.74, 6) is 0. The first-order valence-electron chi connectivity index (χ1n) is 6.29. The van der Waals surface area contributed by atoms with E-state index in [0.717, 1.165) is 26.2 Å². The fourth-order valence-corrected chi connectivity index (χ4v) is 2.02. The van der Waals surface area contributed by atoms with Gasteiger partial charge >= 0.3 is 0 Å². The minimum absolute atomic E-state index is 0.308. The first kappa shape index (κ1) is 13.9. The molecule has 1 saturated heterocycles. The number of piperazine rings is 1. The van der Waals surface area contributed by atoms with E-state index in [4.69, 9.17) is 10.5 Å². The van der Waals surface area contributed by atoms with Crippen molar-refractivity contribution >= 4 is 0 Å². The van der Waals surface area contributed by atoms with Crippen LogP contribution in [0.5, 0.6) is 0 Å². The van der Waals surface area contributed by atoms with Crippen molar-refractivity contribution in [3.05, 3.63) is 0 Å². The number of hydrogen-bond acceptors (Lipinski definition) is 4. The van der Waals surface area contributed by atoms with E-state index in [1.807, 2.05) is 0 Å². The number of rotatable bonds is 5. The summed E-state index contributed by atoms with van der Waals surface area (Å²) in [5.41, 5.74) is 5.68. The van der Waals surface area contributed by atoms with Gasteiger partial charge in [-0.15, -0.1) is 0 Å². The predicted molar refractivity (Wildman–Crippen MR) is 67.6 cm³/mol. The highest BCUT2D eigenvalue weighted by Crippen LogP contribution is 2.15. The first-order valence-corrected chi connectivity index (χ1v) is 6.29. The van der Waals surface area contributed by atoms with Crippen LogP contribution in [0.1, 0.15) is 20.8 Å². The lowest BCUT2D eigenvalue weighted by atomic mass is 10.1. The van der Waals surface area contributed by atoms with Crippen LogP contribution >= 0.6 is 0 Å². The molecule has 0 saturated carbocycles. The highest BCUT2D eigenvalue weighted by molar-refractivity contribution is 4.81. The molecule has 0 bridgehead atoms. The predicted octanol–water partition coefficient (Wildman–Crippen LogP) is 0.378. The Kier molecular flexibility index (Phi) is 5.69. The SMILES string of the molecule is CC(C)(C)N1CCN(CCOCCN)CC1. The molecule has 2 N–H and O–H groups in total. The lowest BCUT2D eigenvalue weighted by molar-refractivity contribution is 0.0428. The molecule has 96 valence electrons. The Morgan fingerprint density at radius 2 is 1.69 bits per heavy atom. The third-order valence-electron chi connectivity index (χ3n) is 3.14. The van der Waals surface area contributed by atoms with Crippen molar-refractivity contribution in [2.45, 2.75) is 26.3 Å². The van der Waals surface area contributed by atoms with Crippen LogP contribution in [-0.2, 0) is 4.74 Å². The quantitative estimate of drug-likeness (QED) is 0.692. The van der Waals surface area contributed by atoms with Crippen molar-refractivity contribution in [3.63, 3.8) is 0 Å². The van der Waals surface area contributed by atoms with Crippen molar-refractivity contribution in [1.82, 2.24) is 9.80 Å². The van der Waals surface area contributed by atoms with Crippen LogP contribution in [0.2, 0.25) is 0 Å². The van der Waals surface area contributed by atoms with E-state index in [2.05, 4.69) is 30.6 Å². The van der Waals surface area contributed by atoms with Gasteiger partial charge in [0.05, 0.1) is 13.2 Å². The first-order chi connectivity index (χ1) is 7.54. The van der Waals surface area contributed by atoms with E-state index in [0.29, 0.717) is 18.7 Å². The average Bonchev–Trinajstić information content (AvgIpc) is 2.24. The van der Waals surface area contributed by atoms with Crippen LogP contribution in [0.4, 0.5) is 0 Å². The molecule has 1 aliphatic rings. The summed E-state index contributed by atoms with van der Waals surface area (Å²) < 4.78 is 5.40. The van der Waals surface area contributed by atoms with Gasteiger partial charge in [0.15, 0.2) is 0 Å². The lowest BCUT2D eigenvalue weighted by Crippen LogP contribution is -2.53. The molecule has 0 spiro atoms. The van der Waals surface area contributed by atoms with Crippen molar-refractivity contribution in [1.29, 1.82) is 0 Å². The molecule has 4 heteroatoms. The minimum atomic E-state index is 0.308. The summed E-state index contributed by atoms with van der Waals surface area (Å²) in [6, 6.07) is 0. The second kappa shape index (κ2) is 6.55. The maximum Gasteiger partial charge on any atom is 0.0594 e. The molecule has 1 aliphatic heterocycles. The number of hydrogen-bond donors (Lipinski definition) is 1. The van der Waals surface area contributed by atoms with Crippen molar-refractivity contribution in [2.24, 2.45) is 5.73 Å². The summed E-state index contributed by atoms with van der Waals surface area (Å²) >= 11 is 0. The van der Waals surface area contributed by atoms with E-state index >= 15 is 0 Å².